The van der Waals surface area contributed by atoms with Gasteiger partial charge in [0.05, 0.1) is 5.52 Å². The van der Waals surface area contributed by atoms with Crippen LogP contribution < -0.4 is 4.43 Å². The molecule has 0 bridgehead atoms. The number of H-pyrrole nitrogens is 1. The molecule has 1 heterocycles. The van der Waals surface area contributed by atoms with Gasteiger partial charge in [-0.05, 0) is 52.3 Å². The zero-order valence-corrected chi connectivity index (χ0v) is 14.2. The predicted molar refractivity (Wildman–Crippen MR) is 83.8 cm³/mol. The third-order valence-corrected chi connectivity index (χ3v) is 8.75. The standard InChI is InChI=1S/C14H20BrNOSi/c1-14(2,3)18(4,5)17-11-8-10-6-7-16-13(10)12(15)9-11/h6-9,16H,1-5H3. The van der Waals surface area contributed by atoms with Gasteiger partial charge in [-0.25, -0.2) is 0 Å². The van der Waals surface area contributed by atoms with Gasteiger partial charge in [-0.2, -0.15) is 0 Å². The van der Waals surface area contributed by atoms with Crippen molar-refractivity contribution >= 4 is 35.2 Å². The molecule has 1 aromatic heterocycles. The van der Waals surface area contributed by atoms with Crippen molar-refractivity contribution < 1.29 is 4.43 Å². The van der Waals surface area contributed by atoms with Crippen LogP contribution in [0.4, 0.5) is 0 Å². The summed E-state index contributed by atoms with van der Waals surface area (Å²) in [7, 11) is -1.77. The van der Waals surface area contributed by atoms with Gasteiger partial charge in [0.2, 0.25) is 8.32 Å². The van der Waals surface area contributed by atoms with E-state index < -0.39 is 8.32 Å². The van der Waals surface area contributed by atoms with Crippen LogP contribution in [-0.2, 0) is 0 Å². The van der Waals surface area contributed by atoms with Gasteiger partial charge < -0.3 is 9.41 Å². The molecule has 0 aliphatic carbocycles. The first-order valence-corrected chi connectivity index (χ1v) is 9.86. The first-order valence-electron chi connectivity index (χ1n) is 6.16. The van der Waals surface area contributed by atoms with Crippen LogP contribution in [0, 0.1) is 0 Å². The first-order chi connectivity index (χ1) is 8.21. The molecule has 2 aromatic rings. The highest BCUT2D eigenvalue weighted by Crippen LogP contribution is 2.38. The van der Waals surface area contributed by atoms with E-state index in [4.69, 9.17) is 4.43 Å². The third-order valence-electron chi connectivity index (χ3n) is 3.76. The summed E-state index contributed by atoms with van der Waals surface area (Å²) in [4.78, 5) is 3.22. The summed E-state index contributed by atoms with van der Waals surface area (Å²) in [6, 6.07) is 6.23. The molecule has 0 saturated carbocycles. The molecule has 2 rings (SSSR count). The number of benzene rings is 1. The average molecular weight is 326 g/mol. The molecular formula is C14H20BrNOSi. The van der Waals surface area contributed by atoms with Crippen LogP contribution in [0.2, 0.25) is 18.1 Å². The smallest absolute Gasteiger partial charge is 0.250 e. The van der Waals surface area contributed by atoms with Crippen LogP contribution >= 0.6 is 15.9 Å². The summed E-state index contributed by atoms with van der Waals surface area (Å²) in [5.74, 6) is 0.959. The highest BCUT2D eigenvalue weighted by Gasteiger charge is 2.39. The monoisotopic (exact) mass is 325 g/mol. The van der Waals surface area contributed by atoms with Crippen molar-refractivity contribution in [1.29, 1.82) is 0 Å². The fraction of sp³-hybridized carbons (Fsp3) is 0.429. The van der Waals surface area contributed by atoms with Crippen LogP contribution in [-0.4, -0.2) is 13.3 Å². The van der Waals surface area contributed by atoms with E-state index in [-0.39, 0.29) is 5.04 Å². The molecule has 18 heavy (non-hydrogen) atoms. The van der Waals surface area contributed by atoms with E-state index in [0.29, 0.717) is 0 Å². The van der Waals surface area contributed by atoms with Gasteiger partial charge in [0.1, 0.15) is 5.75 Å². The van der Waals surface area contributed by atoms with Crippen LogP contribution in [0.1, 0.15) is 20.8 Å². The van der Waals surface area contributed by atoms with Gasteiger partial charge >= 0.3 is 0 Å². The van der Waals surface area contributed by atoms with Crippen LogP contribution in [0.25, 0.3) is 10.9 Å². The summed E-state index contributed by atoms with van der Waals surface area (Å²) in [5.41, 5.74) is 1.12. The van der Waals surface area contributed by atoms with Gasteiger partial charge in [0.15, 0.2) is 0 Å². The second-order valence-corrected chi connectivity index (χ2v) is 11.8. The van der Waals surface area contributed by atoms with Gasteiger partial charge in [-0.1, -0.05) is 20.8 Å². The summed E-state index contributed by atoms with van der Waals surface area (Å²) < 4.78 is 7.37. The molecule has 0 atom stereocenters. The fourth-order valence-corrected chi connectivity index (χ4v) is 3.19. The Bertz CT molecular complexity index is 569. The van der Waals surface area contributed by atoms with Crippen molar-refractivity contribution in [1.82, 2.24) is 4.98 Å². The summed E-state index contributed by atoms with van der Waals surface area (Å²) >= 11 is 3.59. The Morgan fingerprint density at radius 1 is 1.22 bits per heavy atom. The third kappa shape index (κ3) is 2.49. The minimum Gasteiger partial charge on any atom is -0.543 e. The maximum absolute atomic E-state index is 6.32. The van der Waals surface area contributed by atoms with Crippen molar-refractivity contribution in [2.75, 3.05) is 0 Å². The predicted octanol–water partition coefficient (Wildman–Crippen LogP) is 5.31. The second-order valence-electron chi connectivity index (χ2n) is 6.21. The number of hydrogen-bond acceptors (Lipinski definition) is 1. The van der Waals surface area contributed by atoms with E-state index in [1.54, 1.807) is 0 Å². The number of aromatic nitrogens is 1. The molecule has 0 amide bonds. The Labute approximate surface area is 118 Å². The van der Waals surface area contributed by atoms with Gasteiger partial charge in [-0.3, -0.25) is 0 Å². The molecular weight excluding hydrogens is 306 g/mol. The molecule has 98 valence electrons. The molecule has 0 spiro atoms. The number of halogens is 1. The topological polar surface area (TPSA) is 25.0 Å². The van der Waals surface area contributed by atoms with Crippen molar-refractivity contribution in [2.24, 2.45) is 0 Å². The lowest BCUT2D eigenvalue weighted by Crippen LogP contribution is -2.43. The molecule has 0 fully saturated rings. The largest absolute Gasteiger partial charge is 0.543 e. The lowest BCUT2D eigenvalue weighted by atomic mass is 10.2. The maximum atomic E-state index is 6.32. The second kappa shape index (κ2) is 4.42. The number of nitrogens with one attached hydrogen (secondary N) is 1. The highest BCUT2D eigenvalue weighted by atomic mass is 79.9. The van der Waals surface area contributed by atoms with Crippen LogP contribution in [0.3, 0.4) is 0 Å². The summed E-state index contributed by atoms with van der Waals surface area (Å²) in [6.45, 7) is 11.3. The first kappa shape index (κ1) is 13.7. The number of rotatable bonds is 2. The average Bonchev–Trinajstić information content (AvgIpc) is 2.63. The maximum Gasteiger partial charge on any atom is 0.250 e. The zero-order valence-electron chi connectivity index (χ0n) is 11.6. The minimum absolute atomic E-state index is 0.215. The van der Waals surface area contributed by atoms with Gasteiger partial charge in [0, 0.05) is 16.1 Å². The van der Waals surface area contributed by atoms with E-state index in [1.165, 1.54) is 5.39 Å². The molecule has 0 aliphatic heterocycles. The molecule has 0 saturated heterocycles. The summed E-state index contributed by atoms with van der Waals surface area (Å²) in [6.07, 6.45) is 1.95. The van der Waals surface area contributed by atoms with Gasteiger partial charge in [0.25, 0.3) is 0 Å². The number of hydrogen-bond donors (Lipinski definition) is 1. The van der Waals surface area contributed by atoms with E-state index in [2.05, 4.69) is 73.0 Å². The normalized spacial score (nSPS) is 13.0. The Morgan fingerprint density at radius 3 is 2.50 bits per heavy atom. The molecule has 4 heteroatoms. The molecule has 0 radical (unpaired) electrons. The Hall–Kier alpha value is -0.743. The Morgan fingerprint density at radius 2 is 1.89 bits per heavy atom. The van der Waals surface area contributed by atoms with E-state index in [9.17, 15) is 0 Å². The van der Waals surface area contributed by atoms with Crippen LogP contribution in [0.5, 0.6) is 5.75 Å². The van der Waals surface area contributed by atoms with Crippen LogP contribution in [0.15, 0.2) is 28.9 Å². The molecule has 1 aromatic carbocycles. The summed E-state index contributed by atoms with van der Waals surface area (Å²) in [5, 5.41) is 1.39. The SMILES string of the molecule is CC(C)(C)[Si](C)(C)Oc1cc(Br)c2[nH]ccc2c1. The molecule has 2 nitrogen and oxygen atoms in total. The van der Waals surface area contributed by atoms with Crippen molar-refractivity contribution in [3.63, 3.8) is 0 Å². The quantitative estimate of drug-likeness (QED) is 0.743. The molecule has 0 aliphatic rings. The Balaban J connectivity index is 2.38. The van der Waals surface area contributed by atoms with Crippen molar-refractivity contribution in [2.45, 2.75) is 38.9 Å². The van der Waals surface area contributed by atoms with E-state index >= 15 is 0 Å². The highest BCUT2D eigenvalue weighted by molar-refractivity contribution is 9.10. The Kier molecular flexibility index (Phi) is 3.36. The zero-order chi connectivity index (χ0) is 13.6. The van der Waals surface area contributed by atoms with E-state index in [1.807, 2.05) is 6.20 Å². The van der Waals surface area contributed by atoms with Crippen molar-refractivity contribution in [3.05, 3.63) is 28.9 Å². The number of aromatic amines is 1. The fourth-order valence-electron chi connectivity index (χ4n) is 1.61. The lowest BCUT2D eigenvalue weighted by molar-refractivity contribution is 0.492. The number of fused-ring (bicyclic) bond motifs is 1. The van der Waals surface area contributed by atoms with Gasteiger partial charge in [-0.15, -0.1) is 0 Å². The molecule has 1 N–H and O–H groups in total. The molecule has 0 unspecified atom stereocenters. The van der Waals surface area contributed by atoms with Crippen molar-refractivity contribution in [3.8, 4) is 5.75 Å². The lowest BCUT2D eigenvalue weighted by Gasteiger charge is -2.36. The minimum atomic E-state index is -1.77. The van der Waals surface area contributed by atoms with E-state index in [0.717, 1.165) is 15.7 Å².